The third kappa shape index (κ3) is 5.06. The Hall–Kier alpha value is -2.92. The number of pyridine rings is 1. The zero-order chi connectivity index (χ0) is 25.6. The standard InChI is InChI=1S/C24H29F2N5O3S/c1-15(17-6-5-7-18(12-17)24(25,26)23(3,4)32)28-22-20-13-19(14-27-21(20)16(2)29-30-22)31-8-10-35(33,34)11-9-31/h5-7,12-15,32H,8-11H2,1-4H3,(H,28,30)/t15-/m1/s1. The van der Waals surface area contributed by atoms with Crippen molar-refractivity contribution in [3.63, 3.8) is 0 Å². The van der Waals surface area contributed by atoms with Crippen molar-refractivity contribution in [3.05, 3.63) is 53.3 Å². The number of alkyl halides is 2. The van der Waals surface area contributed by atoms with Crippen LogP contribution in [0.4, 0.5) is 20.3 Å². The number of rotatable bonds is 6. The third-order valence-corrected chi connectivity index (χ3v) is 7.96. The predicted molar refractivity (Wildman–Crippen MR) is 132 cm³/mol. The van der Waals surface area contributed by atoms with Crippen molar-refractivity contribution in [1.29, 1.82) is 0 Å². The van der Waals surface area contributed by atoms with Crippen LogP contribution in [0.3, 0.4) is 0 Å². The number of aliphatic hydroxyl groups is 1. The number of nitrogens with one attached hydrogen (secondary N) is 1. The minimum absolute atomic E-state index is 0.0897. The molecule has 3 aromatic rings. The van der Waals surface area contributed by atoms with E-state index in [1.165, 1.54) is 18.2 Å². The van der Waals surface area contributed by atoms with Crippen LogP contribution in [0.1, 0.15) is 43.6 Å². The first-order valence-corrected chi connectivity index (χ1v) is 13.2. The lowest BCUT2D eigenvalue weighted by Crippen LogP contribution is -2.40. The quantitative estimate of drug-likeness (QED) is 0.523. The van der Waals surface area contributed by atoms with Gasteiger partial charge in [0.1, 0.15) is 5.60 Å². The zero-order valence-electron chi connectivity index (χ0n) is 20.1. The topological polar surface area (TPSA) is 108 Å². The van der Waals surface area contributed by atoms with Crippen molar-refractivity contribution >= 4 is 32.2 Å². The van der Waals surface area contributed by atoms with Crippen LogP contribution in [-0.2, 0) is 15.8 Å². The molecule has 2 N–H and O–H groups in total. The highest BCUT2D eigenvalue weighted by molar-refractivity contribution is 7.91. The fraction of sp³-hybridized carbons (Fsp3) is 0.458. The van der Waals surface area contributed by atoms with E-state index in [1.807, 2.05) is 17.9 Å². The first-order valence-electron chi connectivity index (χ1n) is 11.3. The summed E-state index contributed by atoms with van der Waals surface area (Å²) in [6.07, 6.45) is 1.70. The van der Waals surface area contributed by atoms with Gasteiger partial charge in [-0.15, -0.1) is 5.10 Å². The Bertz CT molecular complexity index is 1350. The molecule has 1 aliphatic heterocycles. The minimum atomic E-state index is -3.43. The highest BCUT2D eigenvalue weighted by Crippen LogP contribution is 2.39. The summed E-state index contributed by atoms with van der Waals surface area (Å²) in [5.41, 5.74) is 0.161. The fourth-order valence-electron chi connectivity index (χ4n) is 4.04. The van der Waals surface area contributed by atoms with Crippen LogP contribution in [0.15, 0.2) is 36.5 Å². The Kier molecular flexibility index (Phi) is 6.43. The van der Waals surface area contributed by atoms with E-state index in [0.717, 1.165) is 19.5 Å². The molecule has 1 aliphatic rings. The molecule has 8 nitrogen and oxygen atoms in total. The van der Waals surface area contributed by atoms with Crippen molar-refractivity contribution in [2.24, 2.45) is 0 Å². The summed E-state index contributed by atoms with van der Waals surface area (Å²) in [5.74, 6) is -2.81. The Labute approximate surface area is 203 Å². The molecule has 1 atom stereocenters. The van der Waals surface area contributed by atoms with Crippen molar-refractivity contribution in [3.8, 4) is 0 Å². The Morgan fingerprint density at radius 3 is 2.49 bits per heavy atom. The lowest BCUT2D eigenvalue weighted by molar-refractivity contribution is -0.168. The molecular formula is C24H29F2N5O3S. The fourth-order valence-corrected chi connectivity index (χ4v) is 5.25. The molecule has 0 spiro atoms. The highest BCUT2D eigenvalue weighted by Gasteiger charge is 2.47. The largest absolute Gasteiger partial charge is 0.384 e. The first-order chi connectivity index (χ1) is 16.3. The number of nitrogens with zero attached hydrogens (tertiary/aromatic N) is 4. The molecule has 1 fully saturated rings. The summed E-state index contributed by atoms with van der Waals surface area (Å²) >= 11 is 0. The molecule has 2 aromatic heterocycles. The van der Waals surface area contributed by atoms with Crippen molar-refractivity contribution in [2.75, 3.05) is 34.8 Å². The highest BCUT2D eigenvalue weighted by atomic mass is 32.2. The molecule has 0 amide bonds. The van der Waals surface area contributed by atoms with E-state index in [1.54, 1.807) is 19.2 Å². The van der Waals surface area contributed by atoms with Gasteiger partial charge in [0.2, 0.25) is 0 Å². The van der Waals surface area contributed by atoms with Gasteiger partial charge in [-0.3, -0.25) is 4.98 Å². The Morgan fingerprint density at radius 1 is 1.14 bits per heavy atom. The molecular weight excluding hydrogens is 476 g/mol. The van der Waals surface area contributed by atoms with Crippen LogP contribution in [0.2, 0.25) is 0 Å². The van der Waals surface area contributed by atoms with Crippen molar-refractivity contribution in [1.82, 2.24) is 15.2 Å². The molecule has 0 bridgehead atoms. The molecule has 11 heteroatoms. The van der Waals surface area contributed by atoms with Crippen LogP contribution in [-0.4, -0.2) is 58.9 Å². The number of benzene rings is 1. The van der Waals surface area contributed by atoms with E-state index in [4.69, 9.17) is 0 Å². The summed E-state index contributed by atoms with van der Waals surface area (Å²) in [5, 5.41) is 22.4. The SMILES string of the molecule is Cc1nnc(N[C@H](C)c2cccc(C(F)(F)C(C)(C)O)c2)c2cc(N3CCS(=O)(=O)CC3)cnc12. The minimum Gasteiger partial charge on any atom is -0.384 e. The molecule has 3 heterocycles. The number of sulfone groups is 1. The maximum absolute atomic E-state index is 14.7. The molecule has 4 rings (SSSR count). The second-order valence-electron chi connectivity index (χ2n) is 9.49. The van der Waals surface area contributed by atoms with Gasteiger partial charge in [-0.25, -0.2) is 8.42 Å². The molecule has 0 unspecified atom stereocenters. The number of anilines is 2. The van der Waals surface area contributed by atoms with Crippen LogP contribution in [0.25, 0.3) is 10.9 Å². The van der Waals surface area contributed by atoms with E-state index in [-0.39, 0.29) is 17.1 Å². The van der Waals surface area contributed by atoms with Gasteiger partial charge in [-0.1, -0.05) is 18.2 Å². The van der Waals surface area contributed by atoms with E-state index >= 15 is 0 Å². The molecule has 0 radical (unpaired) electrons. The van der Waals surface area contributed by atoms with Gasteiger partial charge in [0.15, 0.2) is 15.7 Å². The lowest BCUT2D eigenvalue weighted by Gasteiger charge is -2.30. The van der Waals surface area contributed by atoms with Gasteiger partial charge in [0.05, 0.1) is 40.6 Å². The van der Waals surface area contributed by atoms with Gasteiger partial charge in [-0.05, 0) is 45.4 Å². The molecule has 1 aromatic carbocycles. The van der Waals surface area contributed by atoms with Crippen LogP contribution >= 0.6 is 0 Å². The maximum Gasteiger partial charge on any atom is 0.300 e. The van der Waals surface area contributed by atoms with Crippen LogP contribution in [0, 0.1) is 6.92 Å². The second kappa shape index (κ2) is 8.94. The Balaban J connectivity index is 1.65. The first kappa shape index (κ1) is 25.2. The van der Waals surface area contributed by atoms with Crippen molar-refractivity contribution in [2.45, 2.75) is 45.3 Å². The summed E-state index contributed by atoms with van der Waals surface area (Å²) in [7, 11) is -3.02. The number of aryl methyl sites for hydroxylation is 1. The smallest absolute Gasteiger partial charge is 0.300 e. The Morgan fingerprint density at radius 2 is 1.83 bits per heavy atom. The number of aromatic nitrogens is 3. The van der Waals surface area contributed by atoms with Gasteiger partial charge in [0, 0.05) is 24.0 Å². The van der Waals surface area contributed by atoms with E-state index in [9.17, 15) is 22.3 Å². The second-order valence-corrected chi connectivity index (χ2v) is 11.8. The monoisotopic (exact) mass is 505 g/mol. The number of hydrogen-bond acceptors (Lipinski definition) is 8. The number of halogens is 2. The van der Waals surface area contributed by atoms with Gasteiger partial charge >= 0.3 is 5.92 Å². The third-order valence-electron chi connectivity index (χ3n) is 6.35. The van der Waals surface area contributed by atoms with Crippen molar-refractivity contribution < 1.29 is 22.3 Å². The van der Waals surface area contributed by atoms with Gasteiger partial charge in [0.25, 0.3) is 0 Å². The normalized spacial score (nSPS) is 17.4. The lowest BCUT2D eigenvalue weighted by atomic mass is 9.91. The van der Waals surface area contributed by atoms with E-state index in [0.29, 0.717) is 41.1 Å². The predicted octanol–water partition coefficient (Wildman–Crippen LogP) is 3.60. The summed E-state index contributed by atoms with van der Waals surface area (Å²) in [6, 6.07) is 7.42. The number of hydrogen-bond donors (Lipinski definition) is 2. The summed E-state index contributed by atoms with van der Waals surface area (Å²) in [6.45, 7) is 6.55. The average Bonchev–Trinajstić information content (AvgIpc) is 2.80. The zero-order valence-corrected chi connectivity index (χ0v) is 20.9. The molecule has 1 saturated heterocycles. The maximum atomic E-state index is 14.7. The molecule has 0 aliphatic carbocycles. The van der Waals surface area contributed by atoms with E-state index in [2.05, 4.69) is 20.5 Å². The average molecular weight is 506 g/mol. The summed E-state index contributed by atoms with van der Waals surface area (Å²) in [4.78, 5) is 6.52. The van der Waals surface area contributed by atoms with Crippen LogP contribution in [0.5, 0.6) is 0 Å². The van der Waals surface area contributed by atoms with Gasteiger partial charge in [-0.2, -0.15) is 13.9 Å². The van der Waals surface area contributed by atoms with Crippen LogP contribution < -0.4 is 10.2 Å². The number of fused-ring (bicyclic) bond motifs is 1. The van der Waals surface area contributed by atoms with Gasteiger partial charge < -0.3 is 15.3 Å². The molecule has 188 valence electrons. The van der Waals surface area contributed by atoms with E-state index < -0.39 is 27.4 Å². The molecule has 0 saturated carbocycles. The summed E-state index contributed by atoms with van der Waals surface area (Å²) < 4.78 is 53.0. The molecule has 35 heavy (non-hydrogen) atoms.